The van der Waals surface area contributed by atoms with Crippen LogP contribution in [0.3, 0.4) is 0 Å². The van der Waals surface area contributed by atoms with Crippen molar-refractivity contribution >= 4 is 11.4 Å². The minimum atomic E-state index is -1.38. The maximum atomic E-state index is 13.5. The quantitative estimate of drug-likeness (QED) is 0.451. The zero-order chi connectivity index (χ0) is 21.3. The van der Waals surface area contributed by atoms with Crippen LogP contribution in [0.25, 0.3) is 5.57 Å². The van der Waals surface area contributed by atoms with E-state index in [1.165, 1.54) is 25.7 Å². The normalized spacial score (nSPS) is 39.6. The monoisotopic (exact) mass is 414 g/mol. The molecule has 1 aromatic heterocycles. The third-order valence-corrected chi connectivity index (χ3v) is 6.77. The lowest BCUT2D eigenvalue weighted by molar-refractivity contribution is -0.0591. The first kappa shape index (κ1) is 19.5. The highest BCUT2D eigenvalue weighted by atomic mass is 16.5. The number of carbonyl (C=O) groups is 1. The second kappa shape index (κ2) is 6.76. The zero-order valence-corrected chi connectivity index (χ0v) is 16.1. The van der Waals surface area contributed by atoms with E-state index in [1.807, 2.05) is 0 Å². The summed E-state index contributed by atoms with van der Waals surface area (Å²) in [5.41, 5.74) is 1.76. The molecule has 1 saturated carbocycles. The van der Waals surface area contributed by atoms with Gasteiger partial charge in [-0.15, -0.1) is 0 Å². The molecule has 1 heterocycles. The molecule has 4 aliphatic rings. The maximum absolute atomic E-state index is 13.5. The van der Waals surface area contributed by atoms with Crippen molar-refractivity contribution in [2.24, 2.45) is 11.8 Å². The molecule has 4 aliphatic carbocycles. The molecule has 0 amide bonds. The van der Waals surface area contributed by atoms with Crippen LogP contribution in [0.15, 0.2) is 57.7 Å². The van der Waals surface area contributed by atoms with Crippen molar-refractivity contribution in [3.63, 3.8) is 0 Å². The van der Waals surface area contributed by atoms with Gasteiger partial charge in [-0.2, -0.15) is 0 Å². The Kier molecular flexibility index (Phi) is 4.39. The fraction of sp³-hybridized carbons (Fsp3) is 0.409. The van der Waals surface area contributed by atoms with Crippen LogP contribution in [0.4, 0.5) is 0 Å². The van der Waals surface area contributed by atoms with Crippen molar-refractivity contribution in [3.05, 3.63) is 64.4 Å². The molecule has 8 nitrogen and oxygen atoms in total. The molecule has 0 saturated heterocycles. The topological polar surface area (TPSA) is 141 Å². The number of aliphatic hydroxyl groups excluding tert-OH is 5. The molecule has 0 spiro atoms. The first-order valence-electron chi connectivity index (χ1n) is 9.78. The number of rotatable bonds is 1. The SMILES string of the molecule is COC1C(O)C(O)C2C(O)C3=C(C(=O)c4cocc4C4=C(O)C=CC/C4=C/3)C(O)C12. The van der Waals surface area contributed by atoms with Gasteiger partial charge in [-0.3, -0.25) is 4.79 Å². The summed E-state index contributed by atoms with van der Waals surface area (Å²) in [6.07, 6.45) is 1.61. The second-order valence-electron chi connectivity index (χ2n) is 8.16. The average Bonchev–Trinajstić information content (AvgIpc) is 3.28. The number of fused-ring (bicyclic) bond motifs is 4. The van der Waals surface area contributed by atoms with Crippen molar-refractivity contribution in [1.29, 1.82) is 0 Å². The van der Waals surface area contributed by atoms with Crippen molar-refractivity contribution in [2.45, 2.75) is 36.9 Å². The Bertz CT molecular complexity index is 1040. The molecule has 8 heteroatoms. The third-order valence-electron chi connectivity index (χ3n) is 6.77. The lowest BCUT2D eigenvalue weighted by Crippen LogP contribution is -2.48. The van der Waals surface area contributed by atoms with Gasteiger partial charge in [0.25, 0.3) is 0 Å². The Hall–Kier alpha value is -2.49. The van der Waals surface area contributed by atoms with Crippen LogP contribution in [0, 0.1) is 11.8 Å². The van der Waals surface area contributed by atoms with Gasteiger partial charge in [-0.05, 0) is 23.6 Å². The smallest absolute Gasteiger partial charge is 0.195 e. The number of furan rings is 1. The summed E-state index contributed by atoms with van der Waals surface area (Å²) in [7, 11) is 1.34. The zero-order valence-electron chi connectivity index (χ0n) is 16.1. The summed E-state index contributed by atoms with van der Waals surface area (Å²) in [4.78, 5) is 13.5. The number of hydrogen-bond donors (Lipinski definition) is 5. The Morgan fingerprint density at radius 1 is 1.03 bits per heavy atom. The van der Waals surface area contributed by atoms with E-state index >= 15 is 0 Å². The Balaban J connectivity index is 1.77. The fourth-order valence-corrected chi connectivity index (χ4v) is 5.43. The van der Waals surface area contributed by atoms with Gasteiger partial charge in [-0.25, -0.2) is 0 Å². The van der Waals surface area contributed by atoms with Crippen molar-refractivity contribution in [3.8, 4) is 0 Å². The molecule has 7 unspecified atom stereocenters. The Morgan fingerprint density at radius 3 is 2.50 bits per heavy atom. The predicted molar refractivity (Wildman–Crippen MR) is 103 cm³/mol. The van der Waals surface area contributed by atoms with E-state index in [-0.39, 0.29) is 22.5 Å². The highest BCUT2D eigenvalue weighted by molar-refractivity contribution is 6.14. The van der Waals surface area contributed by atoms with Crippen molar-refractivity contribution < 1.29 is 39.5 Å². The highest BCUT2D eigenvalue weighted by Gasteiger charge is 2.59. The molecule has 1 aromatic rings. The number of aliphatic hydroxyl groups is 5. The van der Waals surface area contributed by atoms with Gasteiger partial charge in [0, 0.05) is 35.7 Å². The van der Waals surface area contributed by atoms with Crippen LogP contribution in [-0.2, 0) is 4.74 Å². The molecule has 30 heavy (non-hydrogen) atoms. The molecule has 7 atom stereocenters. The van der Waals surface area contributed by atoms with E-state index in [4.69, 9.17) is 9.15 Å². The average molecular weight is 414 g/mol. The molecule has 0 radical (unpaired) electrons. The molecule has 0 aromatic carbocycles. The van der Waals surface area contributed by atoms with E-state index in [0.717, 1.165) is 0 Å². The van der Waals surface area contributed by atoms with Gasteiger partial charge in [0.05, 0.1) is 36.2 Å². The predicted octanol–water partition coefficient (Wildman–Crippen LogP) is 0.646. The van der Waals surface area contributed by atoms with E-state index in [1.54, 1.807) is 12.2 Å². The second-order valence-corrected chi connectivity index (χ2v) is 8.16. The van der Waals surface area contributed by atoms with E-state index < -0.39 is 48.1 Å². The van der Waals surface area contributed by atoms with Gasteiger partial charge < -0.3 is 34.7 Å². The van der Waals surface area contributed by atoms with E-state index in [9.17, 15) is 30.3 Å². The Labute approximate surface area is 171 Å². The van der Waals surface area contributed by atoms with Gasteiger partial charge >= 0.3 is 0 Å². The standard InChI is InChI=1S/C22H22O8/c1-29-22-16-15(20(27)21(22)28)17(24)9-5-8-3-2-4-12(23)13(8)10-6-30-7-11(10)18(25)14(9)19(16)26/h2,4-7,15-17,19-24,26-28H,3H2,1H3/b8-5-. The summed E-state index contributed by atoms with van der Waals surface area (Å²) < 4.78 is 10.6. The largest absolute Gasteiger partial charge is 0.507 e. The molecule has 1 fully saturated rings. The summed E-state index contributed by atoms with van der Waals surface area (Å²) >= 11 is 0. The summed E-state index contributed by atoms with van der Waals surface area (Å²) in [6, 6.07) is 0. The van der Waals surface area contributed by atoms with Gasteiger partial charge in [0.1, 0.15) is 18.1 Å². The molecule has 0 bridgehead atoms. The maximum Gasteiger partial charge on any atom is 0.195 e. The van der Waals surface area contributed by atoms with Crippen LogP contribution in [-0.4, -0.2) is 68.9 Å². The van der Waals surface area contributed by atoms with Crippen LogP contribution in [0.2, 0.25) is 0 Å². The molecule has 158 valence electrons. The molecular formula is C22H22O8. The number of ether oxygens (including phenoxy) is 1. The molecule has 5 rings (SSSR count). The van der Waals surface area contributed by atoms with E-state index in [2.05, 4.69) is 0 Å². The number of carbonyl (C=O) groups excluding carboxylic acids is 1. The van der Waals surface area contributed by atoms with Gasteiger partial charge in [0.15, 0.2) is 5.78 Å². The number of allylic oxidation sites excluding steroid dienone is 4. The fourth-order valence-electron chi connectivity index (χ4n) is 5.43. The minimum Gasteiger partial charge on any atom is -0.507 e. The first-order chi connectivity index (χ1) is 14.4. The number of hydrogen-bond acceptors (Lipinski definition) is 8. The third kappa shape index (κ3) is 2.42. The van der Waals surface area contributed by atoms with E-state index in [0.29, 0.717) is 23.1 Å². The summed E-state index contributed by atoms with van der Waals surface area (Å²) in [6.45, 7) is 0. The Morgan fingerprint density at radius 2 is 1.77 bits per heavy atom. The van der Waals surface area contributed by atoms with Crippen LogP contribution in [0.1, 0.15) is 22.3 Å². The molecular weight excluding hydrogens is 392 g/mol. The first-order valence-corrected chi connectivity index (χ1v) is 9.78. The minimum absolute atomic E-state index is 0.0182. The van der Waals surface area contributed by atoms with Crippen LogP contribution < -0.4 is 0 Å². The van der Waals surface area contributed by atoms with Gasteiger partial charge in [-0.1, -0.05) is 12.2 Å². The lowest BCUT2D eigenvalue weighted by atomic mass is 9.69. The lowest BCUT2D eigenvalue weighted by Gasteiger charge is -2.40. The van der Waals surface area contributed by atoms with Crippen LogP contribution in [0.5, 0.6) is 0 Å². The molecule has 5 N–H and O–H groups in total. The van der Waals surface area contributed by atoms with Gasteiger partial charge in [0.2, 0.25) is 0 Å². The van der Waals surface area contributed by atoms with Crippen molar-refractivity contribution in [1.82, 2.24) is 0 Å². The number of ketones is 1. The van der Waals surface area contributed by atoms with Crippen LogP contribution >= 0.6 is 0 Å². The molecule has 0 aliphatic heterocycles. The highest BCUT2D eigenvalue weighted by Crippen LogP contribution is 2.49. The number of methoxy groups -OCH3 is 1. The summed E-state index contributed by atoms with van der Waals surface area (Å²) in [5, 5.41) is 53.8. The number of Topliss-reactive ketones (excluding diaryl/α,β-unsaturated/α-hetero) is 1. The summed E-state index contributed by atoms with van der Waals surface area (Å²) in [5.74, 6) is -2.38. The van der Waals surface area contributed by atoms with Crippen molar-refractivity contribution in [2.75, 3.05) is 7.11 Å².